The highest BCUT2D eigenvalue weighted by atomic mass is 16.2. The summed E-state index contributed by atoms with van der Waals surface area (Å²) >= 11 is 0. The zero-order chi connectivity index (χ0) is 24.2. The van der Waals surface area contributed by atoms with Crippen molar-refractivity contribution >= 4 is 11.6 Å². The molecule has 5 heteroatoms. The first-order chi connectivity index (χ1) is 17.1. The number of fused-ring (bicyclic) bond motifs is 1. The Hall–Kier alpha value is -3.15. The highest BCUT2D eigenvalue weighted by Crippen LogP contribution is 2.38. The molecular formula is C30H36N4O. The van der Waals surface area contributed by atoms with Gasteiger partial charge in [0.05, 0.1) is 5.69 Å². The standard InChI is InChI=1S/C30H36N4O/c1-21-12-17-27-26(29(21)24-10-6-3-7-11-24)20-34(33-27)28(18-22-8-4-2-5-9-22)32-30(35)25-15-13-23(19-31)14-16-25/h2-12,17,23,25,28,33H,13-16,18-20,31H2,1H3,(H,32,35)/t23-,25-,28-/m0/s1. The number of anilines is 1. The minimum Gasteiger partial charge on any atom is -0.338 e. The molecule has 5 nitrogen and oxygen atoms in total. The van der Waals surface area contributed by atoms with Crippen molar-refractivity contribution in [1.29, 1.82) is 0 Å². The highest BCUT2D eigenvalue weighted by Gasteiger charge is 2.32. The van der Waals surface area contributed by atoms with E-state index in [2.05, 4.69) is 89.4 Å². The molecule has 35 heavy (non-hydrogen) atoms. The molecule has 0 saturated heterocycles. The van der Waals surface area contributed by atoms with Crippen LogP contribution >= 0.6 is 0 Å². The van der Waals surface area contributed by atoms with E-state index in [4.69, 9.17) is 5.73 Å². The fraction of sp³-hybridized carbons (Fsp3) is 0.367. The first kappa shape index (κ1) is 23.6. The van der Waals surface area contributed by atoms with Crippen molar-refractivity contribution in [1.82, 2.24) is 10.3 Å². The van der Waals surface area contributed by atoms with Gasteiger partial charge in [-0.15, -0.1) is 0 Å². The summed E-state index contributed by atoms with van der Waals surface area (Å²) in [6, 6.07) is 25.3. The van der Waals surface area contributed by atoms with Crippen LogP contribution in [0.25, 0.3) is 11.1 Å². The maximum absolute atomic E-state index is 13.4. The van der Waals surface area contributed by atoms with Gasteiger partial charge in [-0.3, -0.25) is 4.79 Å². The van der Waals surface area contributed by atoms with Gasteiger partial charge in [-0.2, -0.15) is 5.01 Å². The molecule has 1 heterocycles. The number of nitrogens with two attached hydrogens (primary N) is 1. The fourth-order valence-corrected chi connectivity index (χ4v) is 5.61. The topological polar surface area (TPSA) is 70.4 Å². The minimum absolute atomic E-state index is 0.0724. The maximum Gasteiger partial charge on any atom is 0.224 e. The van der Waals surface area contributed by atoms with Gasteiger partial charge in [0.15, 0.2) is 0 Å². The van der Waals surface area contributed by atoms with E-state index in [1.54, 1.807) is 0 Å². The number of carbonyl (C=O) groups excluding carboxylic acids is 1. The van der Waals surface area contributed by atoms with Gasteiger partial charge in [0, 0.05) is 24.4 Å². The van der Waals surface area contributed by atoms with E-state index < -0.39 is 0 Å². The third kappa shape index (κ3) is 5.26. The number of nitrogens with zero attached hydrogens (tertiary/aromatic N) is 1. The van der Waals surface area contributed by atoms with Crippen LogP contribution < -0.4 is 16.5 Å². The van der Waals surface area contributed by atoms with Gasteiger partial charge in [-0.1, -0.05) is 66.7 Å². The Kier molecular flexibility index (Phi) is 7.16. The Morgan fingerprint density at radius 2 is 1.69 bits per heavy atom. The third-order valence-electron chi connectivity index (χ3n) is 7.68. The van der Waals surface area contributed by atoms with Gasteiger partial charge in [0.1, 0.15) is 6.17 Å². The number of hydrazine groups is 1. The molecule has 1 saturated carbocycles. The Bertz CT molecular complexity index is 1140. The van der Waals surface area contributed by atoms with Crippen molar-refractivity contribution in [2.75, 3.05) is 12.0 Å². The zero-order valence-corrected chi connectivity index (χ0v) is 20.5. The molecule has 0 bridgehead atoms. The summed E-state index contributed by atoms with van der Waals surface area (Å²) in [5, 5.41) is 5.61. The number of amides is 1. The van der Waals surface area contributed by atoms with Crippen LogP contribution in [0, 0.1) is 18.8 Å². The van der Waals surface area contributed by atoms with Gasteiger partial charge in [0.25, 0.3) is 0 Å². The Morgan fingerprint density at radius 1 is 1.00 bits per heavy atom. The lowest BCUT2D eigenvalue weighted by atomic mass is 9.81. The molecule has 0 spiro atoms. The molecule has 1 atom stereocenters. The molecule has 182 valence electrons. The Morgan fingerprint density at radius 3 is 2.37 bits per heavy atom. The van der Waals surface area contributed by atoms with Crippen LogP contribution in [0.2, 0.25) is 0 Å². The average Bonchev–Trinajstić information content (AvgIpc) is 3.33. The Balaban J connectivity index is 1.38. The van der Waals surface area contributed by atoms with Crippen LogP contribution in [-0.4, -0.2) is 23.6 Å². The van der Waals surface area contributed by atoms with Crippen molar-refractivity contribution in [3.8, 4) is 11.1 Å². The van der Waals surface area contributed by atoms with E-state index in [1.807, 2.05) is 6.07 Å². The zero-order valence-electron chi connectivity index (χ0n) is 20.5. The van der Waals surface area contributed by atoms with E-state index in [-0.39, 0.29) is 18.0 Å². The number of nitrogens with one attached hydrogen (secondary N) is 2. The number of hydrogen-bond acceptors (Lipinski definition) is 4. The lowest BCUT2D eigenvalue weighted by Crippen LogP contribution is -2.51. The number of hydrogen-bond donors (Lipinski definition) is 3. The van der Waals surface area contributed by atoms with Gasteiger partial charge in [-0.25, -0.2) is 0 Å². The van der Waals surface area contributed by atoms with Gasteiger partial charge >= 0.3 is 0 Å². The smallest absolute Gasteiger partial charge is 0.224 e. The van der Waals surface area contributed by atoms with Gasteiger partial charge < -0.3 is 16.5 Å². The van der Waals surface area contributed by atoms with Crippen LogP contribution in [0.4, 0.5) is 5.69 Å². The van der Waals surface area contributed by atoms with Crippen LogP contribution in [0.15, 0.2) is 72.8 Å². The van der Waals surface area contributed by atoms with Crippen molar-refractivity contribution in [3.05, 3.63) is 89.5 Å². The van der Waals surface area contributed by atoms with E-state index in [1.165, 1.54) is 27.8 Å². The molecule has 0 radical (unpaired) electrons. The minimum atomic E-state index is -0.145. The second-order valence-electron chi connectivity index (χ2n) is 10.1. The van der Waals surface area contributed by atoms with Crippen molar-refractivity contribution < 1.29 is 4.79 Å². The van der Waals surface area contributed by atoms with E-state index >= 15 is 0 Å². The molecule has 3 aromatic carbocycles. The number of aryl methyl sites for hydroxylation is 1. The number of rotatable bonds is 7. The lowest BCUT2D eigenvalue weighted by molar-refractivity contribution is -0.128. The second-order valence-corrected chi connectivity index (χ2v) is 10.1. The van der Waals surface area contributed by atoms with Crippen LogP contribution in [0.1, 0.15) is 42.4 Å². The summed E-state index contributed by atoms with van der Waals surface area (Å²) in [5.41, 5.74) is 16.9. The normalized spacial score (nSPS) is 20.6. The van der Waals surface area contributed by atoms with Crippen LogP contribution in [0.3, 0.4) is 0 Å². The monoisotopic (exact) mass is 468 g/mol. The summed E-state index contributed by atoms with van der Waals surface area (Å²) in [5.74, 6) is 0.801. The molecule has 1 aliphatic heterocycles. The largest absolute Gasteiger partial charge is 0.338 e. The predicted molar refractivity (Wildman–Crippen MR) is 142 cm³/mol. The SMILES string of the molecule is Cc1ccc2c(c1-c1ccccc1)CN([C@@H](Cc1ccccc1)NC(=O)[C@H]1CC[C@H](CN)CC1)N2. The first-order valence-corrected chi connectivity index (χ1v) is 12.9. The molecule has 0 unspecified atom stereocenters. The molecule has 5 rings (SSSR count). The molecule has 1 amide bonds. The van der Waals surface area contributed by atoms with E-state index in [0.717, 1.165) is 50.9 Å². The van der Waals surface area contributed by atoms with Gasteiger partial charge in [0.2, 0.25) is 5.91 Å². The predicted octanol–water partition coefficient (Wildman–Crippen LogP) is 5.25. The molecule has 0 aromatic heterocycles. The van der Waals surface area contributed by atoms with Crippen LogP contribution in [0.5, 0.6) is 0 Å². The number of carbonyl (C=O) groups is 1. The molecule has 2 aliphatic rings. The van der Waals surface area contributed by atoms with Gasteiger partial charge in [-0.05, 0) is 73.4 Å². The first-order valence-electron chi connectivity index (χ1n) is 12.9. The summed E-state index contributed by atoms with van der Waals surface area (Å²) in [6.45, 7) is 3.63. The second kappa shape index (κ2) is 10.6. The summed E-state index contributed by atoms with van der Waals surface area (Å²) in [7, 11) is 0. The molecular weight excluding hydrogens is 432 g/mol. The lowest BCUT2D eigenvalue weighted by Gasteiger charge is -2.32. The van der Waals surface area contributed by atoms with Crippen LogP contribution in [-0.2, 0) is 17.8 Å². The van der Waals surface area contributed by atoms with E-state index in [0.29, 0.717) is 5.92 Å². The maximum atomic E-state index is 13.4. The summed E-state index contributed by atoms with van der Waals surface area (Å²) < 4.78 is 0. The highest BCUT2D eigenvalue weighted by molar-refractivity contribution is 5.80. The van der Waals surface area contributed by atoms with Crippen molar-refractivity contribution in [2.24, 2.45) is 17.6 Å². The van der Waals surface area contributed by atoms with E-state index in [9.17, 15) is 4.79 Å². The average molecular weight is 469 g/mol. The molecule has 1 aliphatic carbocycles. The molecule has 4 N–H and O–H groups in total. The van der Waals surface area contributed by atoms with Crippen molar-refractivity contribution in [2.45, 2.75) is 51.7 Å². The molecule has 1 fully saturated rings. The molecule has 3 aromatic rings. The third-order valence-corrected chi connectivity index (χ3v) is 7.68. The Labute approximate surface area is 208 Å². The number of benzene rings is 3. The fourth-order valence-electron chi connectivity index (χ4n) is 5.61. The summed E-state index contributed by atoms with van der Waals surface area (Å²) in [6.07, 6.45) is 4.54. The quantitative estimate of drug-likeness (QED) is 0.443. The summed E-state index contributed by atoms with van der Waals surface area (Å²) in [4.78, 5) is 13.4. The van der Waals surface area contributed by atoms with Crippen molar-refractivity contribution in [3.63, 3.8) is 0 Å².